The predicted molar refractivity (Wildman–Crippen MR) is 577 cm³/mol. The molecule has 0 spiro atoms. The van der Waals surface area contributed by atoms with Crippen molar-refractivity contribution in [2.24, 2.45) is 5.73 Å². The van der Waals surface area contributed by atoms with Crippen LogP contribution >= 0.6 is 192 Å². The van der Waals surface area contributed by atoms with E-state index in [0.717, 1.165) is 103 Å². The van der Waals surface area contributed by atoms with Gasteiger partial charge in [-0.1, -0.05) is 270 Å². The average Bonchev–Trinajstić information content (AvgIpc) is 0.899. The number of nitrogens with zero attached hydrogens (tertiary/aromatic N) is 1. The molecule has 13 aromatic rings. The van der Waals surface area contributed by atoms with Crippen molar-refractivity contribution in [3.8, 4) is 11.8 Å². The number of aliphatic hydroxyl groups is 2. The van der Waals surface area contributed by atoms with Gasteiger partial charge in [-0.25, -0.2) is 0 Å². The number of carbonyl (C=O) groups is 1. The van der Waals surface area contributed by atoms with Gasteiger partial charge in [0.25, 0.3) is 0 Å². The Kier molecular flexibility index (Phi) is 55.9. The van der Waals surface area contributed by atoms with Crippen molar-refractivity contribution in [2.45, 2.75) is 56.9 Å². The molecule has 26 heteroatoms. The van der Waals surface area contributed by atoms with Crippen LogP contribution in [0.2, 0.25) is 50.2 Å². The fourth-order valence-corrected chi connectivity index (χ4v) is 23.8. The number of benzene rings is 13. The quantitative estimate of drug-likeness (QED) is 0.0226. The van der Waals surface area contributed by atoms with Crippen LogP contribution in [0.15, 0.2) is 312 Å². The van der Waals surface area contributed by atoms with Gasteiger partial charge in [-0.2, -0.15) is 5.26 Å². The fraction of sp³-hybridized carbons (Fsp3) is 0.154. The smallest absolute Gasteiger partial charge is 1.00 e. The van der Waals surface area contributed by atoms with E-state index in [4.69, 9.17) is 164 Å². The summed E-state index contributed by atoms with van der Waals surface area (Å²) in [5.74, 6) is 0.879. The van der Waals surface area contributed by atoms with Crippen LogP contribution in [-0.2, 0) is 15.6 Å². The van der Waals surface area contributed by atoms with Gasteiger partial charge < -0.3 is 31.6 Å². The Morgan fingerprint density at radius 1 is 0.415 bits per heavy atom. The second kappa shape index (κ2) is 63.4. The zero-order chi connectivity index (χ0) is 92.5. The molecule has 2 fully saturated rings. The summed E-state index contributed by atoms with van der Waals surface area (Å²) in [4.78, 5) is 10.7. The van der Waals surface area contributed by atoms with E-state index in [1.165, 1.54) is 41.6 Å². The SMILES string of the molecule is C1CCOC1.C1CCOC1.COc1cccc(Br)c1.ClCCl.Clc1cccc(Cl)c1/C=C/c1cccc(Br)c1.Clc1cccc(Cl)c1CP(Br)(c1ccccc1)(c1ccccc1)c1ccccc1.N#CCC(O)c1cccc(/C=C/c2c(Cl)cccc2Cl)c1.NCCC(O)c1cccc(/C=C/c2c(Cl)cccc2Cl)c1.O=Cc1cccc(/C=C/c2c(Cl)cccc2Cl)c1.[AlH3].[H-].[Li+]. The van der Waals surface area contributed by atoms with E-state index in [-0.39, 0.29) is 49.4 Å². The molecule has 0 bridgehead atoms. The van der Waals surface area contributed by atoms with Crippen LogP contribution in [0.25, 0.3) is 48.6 Å². The maximum Gasteiger partial charge on any atom is 1.00 e. The van der Waals surface area contributed by atoms with E-state index in [1.807, 2.05) is 200 Å². The summed E-state index contributed by atoms with van der Waals surface area (Å²) in [6, 6.07) is 99.4. The number of hydrogen-bond donors (Lipinski definition) is 3. The van der Waals surface area contributed by atoms with Crippen LogP contribution < -0.4 is 45.2 Å². The number of nitriles is 1. The van der Waals surface area contributed by atoms with Gasteiger partial charge in [-0.15, -0.1) is 23.2 Å². The van der Waals surface area contributed by atoms with Gasteiger partial charge in [0.15, 0.2) is 17.4 Å². The minimum Gasteiger partial charge on any atom is -1.00 e. The summed E-state index contributed by atoms with van der Waals surface area (Å²) < 4.78 is 16.9. The summed E-state index contributed by atoms with van der Waals surface area (Å²) in [5.41, 5.74) is 15.7. The van der Waals surface area contributed by atoms with Gasteiger partial charge in [0.1, 0.15) is 12.0 Å². The van der Waals surface area contributed by atoms with Crippen LogP contribution in [0, 0.1) is 11.3 Å². The van der Waals surface area contributed by atoms with Crippen LogP contribution in [0.4, 0.5) is 0 Å². The summed E-state index contributed by atoms with van der Waals surface area (Å²) in [5, 5.41) is 35.5. The molecule has 4 N–H and O–H groups in total. The van der Waals surface area contributed by atoms with Crippen molar-refractivity contribution >= 4 is 280 Å². The summed E-state index contributed by atoms with van der Waals surface area (Å²) in [6.07, 6.45) is 21.1. The van der Waals surface area contributed by atoms with Crippen molar-refractivity contribution in [3.05, 3.63) is 429 Å². The maximum atomic E-state index is 10.7. The number of aldehydes is 1. The molecule has 2 unspecified atom stereocenters. The average molecular weight is 2200 g/mol. The van der Waals surface area contributed by atoms with E-state index >= 15 is 0 Å². The molecule has 2 atom stereocenters. The Morgan fingerprint density at radius 3 is 1.01 bits per heavy atom. The largest absolute Gasteiger partial charge is 1.00 e. The molecule has 15 rings (SSSR count). The topological polar surface area (TPSA) is 135 Å². The number of alkyl halides is 2. The van der Waals surface area contributed by atoms with Crippen LogP contribution in [0.5, 0.6) is 5.75 Å². The Balaban J connectivity index is 0.000000324. The third-order valence-electron chi connectivity index (χ3n) is 19.1. The van der Waals surface area contributed by atoms with Crippen molar-refractivity contribution < 1.29 is 49.5 Å². The minimum absolute atomic E-state index is 0. The van der Waals surface area contributed by atoms with E-state index < -0.39 is 17.5 Å². The first kappa shape index (κ1) is 115. The van der Waals surface area contributed by atoms with Crippen LogP contribution in [0.3, 0.4) is 0 Å². The number of rotatable bonds is 20. The van der Waals surface area contributed by atoms with Gasteiger partial charge in [0.2, 0.25) is 0 Å². The number of methoxy groups -OCH3 is 1. The third-order valence-corrected chi connectivity index (χ3v) is 32.9. The molecule has 0 aliphatic carbocycles. The summed E-state index contributed by atoms with van der Waals surface area (Å²) >= 11 is 82.8. The van der Waals surface area contributed by atoms with Gasteiger partial charge in [0, 0.05) is 103 Å². The number of aliphatic hydroxyl groups excluding tert-OH is 2. The van der Waals surface area contributed by atoms with Crippen molar-refractivity contribution in [2.75, 3.05) is 45.4 Å². The van der Waals surface area contributed by atoms with E-state index in [2.05, 4.69) is 138 Å². The van der Waals surface area contributed by atoms with E-state index in [9.17, 15) is 15.0 Å². The second-order valence-electron chi connectivity index (χ2n) is 28.0. The predicted octanol–water partition coefficient (Wildman–Crippen LogP) is 29.3. The first-order valence-electron chi connectivity index (χ1n) is 40.2. The number of carbonyl (C=O) groups excluding carboxylic acids is 1. The molecule has 2 saturated heterocycles. The Hall–Kier alpha value is -5.94. The molecule has 0 radical (unpaired) electrons. The Labute approximate surface area is 874 Å². The van der Waals surface area contributed by atoms with Gasteiger partial charge in [0.05, 0.1) is 37.1 Å². The van der Waals surface area contributed by atoms with Crippen molar-refractivity contribution in [1.29, 1.82) is 5.26 Å². The molecular weight excluding hydrogens is 2100 g/mol. The first-order valence-corrected chi connectivity index (χ1v) is 51.1. The standard InChI is InChI=1S/C25H20BrCl2P.C17H17Cl2NO.C17H13Cl2NO.C15H10Cl2O.C14H9BrCl2.C7H7BrO.2C4H8O.CH2Cl2.Al.Li.4H/c26-29(20-11-4-1-5-12-20,21-13-6-2-7-14-21,22-15-8-3-9-16-22)19-23-24(27)17-10-18-25(23)28;2*18-15-5-2-6-16(19)14(15)8-7-12-3-1-4-13(11-12)17(21)9-10-20;16-14-5-2-6-15(17)13(14)8-7-11-3-1-4-12(9-11)10-18;15-11-4-1-3-10(9-11)7-8-12-13(16)5-2-6-14(12)17;1-9-7-4-2-3-6(8)5-7;2*1-2-4-5-3-1;2-1-3;;;;;;/h1-18H,19H2;1-8,11,17,21H,9-10,20H2;1-8,11,17,21H,9H2;1-10H;1-9H;2-5H,1H3;2*1-4H2;1H2;;;;;;/q;;;;;;;;;;+1;;;;-1/b;4*8-7+;;;;;;;;;;. The van der Waals surface area contributed by atoms with Gasteiger partial charge in [-0.05, 0) is 169 Å². The van der Waals surface area contributed by atoms with Crippen LogP contribution in [0.1, 0.15) is 124 Å². The molecule has 0 amide bonds. The number of hydrogen-bond acceptors (Lipinski definition) is 8. The van der Waals surface area contributed by atoms with Crippen molar-refractivity contribution in [1.82, 2.24) is 0 Å². The molecule has 2 aliphatic heterocycles. The molecule has 8 nitrogen and oxygen atoms in total. The number of nitrogens with two attached hydrogens (primary N) is 1. The zero-order valence-electron chi connectivity index (χ0n) is 71.6. The number of halogens is 15. The molecule has 130 heavy (non-hydrogen) atoms. The molecule has 13 aromatic carbocycles. The molecule has 2 heterocycles. The van der Waals surface area contributed by atoms with E-state index in [0.29, 0.717) is 80.5 Å². The molecular formula is C104H98AlBr3Cl12LiN2O6P. The fourth-order valence-electron chi connectivity index (χ4n) is 12.5. The molecule has 0 saturated carbocycles. The van der Waals surface area contributed by atoms with E-state index in [1.54, 1.807) is 73.8 Å². The Morgan fingerprint density at radius 2 is 0.708 bits per heavy atom. The summed E-state index contributed by atoms with van der Waals surface area (Å²) in [6.45, 7) is 4.45. The van der Waals surface area contributed by atoms with Gasteiger partial charge >= 0.3 is 210 Å². The third kappa shape index (κ3) is 38.3. The zero-order valence-corrected chi connectivity index (χ0v) is 85.3. The molecule has 2 aliphatic rings. The Bertz CT molecular complexity index is 5550. The minimum atomic E-state index is -3.10. The molecule has 0 aromatic heterocycles. The maximum absolute atomic E-state index is 10.7. The second-order valence-corrected chi connectivity index (χ2v) is 43.6. The normalized spacial score (nSPS) is 12.5. The first-order chi connectivity index (χ1) is 61.9. The van der Waals surface area contributed by atoms with Crippen LogP contribution in [-0.4, -0.2) is 79.3 Å². The molecule has 674 valence electrons. The number of ether oxygens (including phenoxy) is 3. The monoisotopic (exact) mass is 2190 g/mol. The van der Waals surface area contributed by atoms with Gasteiger partial charge in [-0.3, -0.25) is 4.79 Å². The van der Waals surface area contributed by atoms with Crippen molar-refractivity contribution in [3.63, 3.8) is 0 Å². The summed E-state index contributed by atoms with van der Waals surface area (Å²) in [7, 11) is 1.65.